The summed E-state index contributed by atoms with van der Waals surface area (Å²) in [5.74, 6) is -1.63. The van der Waals surface area contributed by atoms with Gasteiger partial charge in [0.25, 0.3) is 0 Å². The number of aromatic nitrogens is 1. The van der Waals surface area contributed by atoms with Crippen LogP contribution in [0.15, 0.2) is 12.1 Å². The first kappa shape index (κ1) is 13.8. The number of carbonyl (C=O) groups is 1. The molecule has 0 unspecified atom stereocenters. The normalized spacial score (nSPS) is 10.6. The topological polar surface area (TPSA) is 72.2 Å². The highest BCUT2D eigenvalue weighted by Gasteiger charge is 2.31. The van der Waals surface area contributed by atoms with Crippen LogP contribution in [0.2, 0.25) is 0 Å². The predicted molar refractivity (Wildman–Crippen MR) is 51.6 cm³/mol. The van der Waals surface area contributed by atoms with Crippen LogP contribution in [0.1, 0.15) is 23.1 Å². The Bertz CT molecular complexity index is 494. The Morgan fingerprint density at radius 2 is 2.17 bits per heavy atom. The Labute approximate surface area is 99.8 Å². The molecule has 18 heavy (non-hydrogen) atoms. The molecular weight excluding hydrogens is 253 g/mol. The third-order valence-corrected chi connectivity index (χ3v) is 1.63. The van der Waals surface area contributed by atoms with Gasteiger partial charge in [0.05, 0.1) is 6.61 Å². The molecule has 0 saturated carbocycles. The average Bonchev–Trinajstić information content (AvgIpc) is 2.26. The van der Waals surface area contributed by atoms with Crippen molar-refractivity contribution in [2.45, 2.75) is 13.3 Å². The van der Waals surface area contributed by atoms with E-state index in [0.29, 0.717) is 0 Å². The lowest BCUT2D eigenvalue weighted by Crippen LogP contribution is -2.18. The van der Waals surface area contributed by atoms with Gasteiger partial charge in [-0.3, -0.25) is 0 Å². The second kappa shape index (κ2) is 5.35. The number of carbonyl (C=O) groups excluding carboxylic acids is 1. The number of pyridine rings is 1. The molecule has 5 nitrogen and oxygen atoms in total. The fourth-order valence-electron chi connectivity index (χ4n) is 1.06. The van der Waals surface area contributed by atoms with E-state index in [-0.39, 0.29) is 12.3 Å². The number of alkyl halides is 3. The van der Waals surface area contributed by atoms with E-state index in [9.17, 15) is 18.0 Å². The van der Waals surface area contributed by atoms with Crippen molar-refractivity contribution in [2.24, 2.45) is 0 Å². The van der Waals surface area contributed by atoms with Crippen LogP contribution in [0, 0.1) is 11.3 Å². The SMILES string of the molecule is CCOC(=O)c1cc(OC(F)(F)F)cc(C#N)n1. The largest absolute Gasteiger partial charge is 0.573 e. The van der Waals surface area contributed by atoms with Gasteiger partial charge in [-0.1, -0.05) is 0 Å². The van der Waals surface area contributed by atoms with Crippen LogP contribution in [0.25, 0.3) is 0 Å². The minimum atomic E-state index is -4.92. The van der Waals surface area contributed by atoms with Crippen molar-refractivity contribution in [1.82, 2.24) is 4.98 Å². The quantitative estimate of drug-likeness (QED) is 0.777. The molecule has 0 bridgehead atoms. The Balaban J connectivity index is 3.10. The van der Waals surface area contributed by atoms with E-state index in [4.69, 9.17) is 5.26 Å². The third-order valence-electron chi connectivity index (χ3n) is 1.63. The number of hydrogen-bond donors (Lipinski definition) is 0. The molecule has 1 heterocycles. The molecule has 1 rings (SSSR count). The Hall–Kier alpha value is -2.30. The molecule has 0 N–H and O–H groups in total. The highest BCUT2D eigenvalue weighted by molar-refractivity contribution is 5.87. The number of esters is 1. The number of ether oxygens (including phenoxy) is 2. The summed E-state index contributed by atoms with van der Waals surface area (Å²) in [5.41, 5.74) is -0.796. The van der Waals surface area contributed by atoms with Crippen LogP contribution in [-0.2, 0) is 4.74 Å². The molecule has 0 spiro atoms. The lowest BCUT2D eigenvalue weighted by molar-refractivity contribution is -0.274. The molecule has 0 saturated heterocycles. The summed E-state index contributed by atoms with van der Waals surface area (Å²) in [6.45, 7) is 1.56. The molecule has 0 amide bonds. The van der Waals surface area contributed by atoms with Crippen molar-refractivity contribution >= 4 is 5.97 Å². The molecule has 1 aromatic heterocycles. The molecule has 1 aromatic rings. The van der Waals surface area contributed by atoms with Gasteiger partial charge < -0.3 is 9.47 Å². The van der Waals surface area contributed by atoms with Crippen molar-refractivity contribution in [3.63, 3.8) is 0 Å². The molecular formula is C10H7F3N2O3. The van der Waals surface area contributed by atoms with Crippen molar-refractivity contribution in [2.75, 3.05) is 6.61 Å². The molecule has 96 valence electrons. The van der Waals surface area contributed by atoms with E-state index >= 15 is 0 Å². The van der Waals surface area contributed by atoms with Gasteiger partial charge in [0.15, 0.2) is 5.69 Å². The van der Waals surface area contributed by atoms with E-state index in [1.807, 2.05) is 0 Å². The van der Waals surface area contributed by atoms with Gasteiger partial charge in [0, 0.05) is 12.1 Å². The van der Waals surface area contributed by atoms with Crippen molar-refractivity contribution in [3.05, 3.63) is 23.5 Å². The molecule has 0 fully saturated rings. The maximum absolute atomic E-state index is 12.0. The molecule has 0 aliphatic rings. The predicted octanol–water partition coefficient (Wildman–Crippen LogP) is 2.03. The van der Waals surface area contributed by atoms with E-state index in [1.165, 1.54) is 13.0 Å². The Morgan fingerprint density at radius 3 is 2.67 bits per heavy atom. The second-order valence-electron chi connectivity index (χ2n) is 2.95. The van der Waals surface area contributed by atoms with E-state index in [1.54, 1.807) is 0 Å². The number of hydrogen-bond acceptors (Lipinski definition) is 5. The zero-order valence-electron chi connectivity index (χ0n) is 9.11. The summed E-state index contributed by atoms with van der Waals surface area (Å²) in [5, 5.41) is 8.60. The summed E-state index contributed by atoms with van der Waals surface area (Å²) in [7, 11) is 0. The minimum Gasteiger partial charge on any atom is -0.461 e. The first-order chi connectivity index (χ1) is 8.35. The summed E-state index contributed by atoms with van der Waals surface area (Å²) < 4.78 is 44.2. The fraction of sp³-hybridized carbons (Fsp3) is 0.300. The number of nitriles is 1. The number of rotatable bonds is 3. The zero-order chi connectivity index (χ0) is 13.8. The minimum absolute atomic E-state index is 0.0345. The van der Waals surface area contributed by atoms with Crippen LogP contribution in [-0.4, -0.2) is 23.9 Å². The second-order valence-corrected chi connectivity index (χ2v) is 2.95. The van der Waals surface area contributed by atoms with Gasteiger partial charge in [-0.2, -0.15) is 5.26 Å². The lowest BCUT2D eigenvalue weighted by atomic mass is 10.3. The molecule has 0 radical (unpaired) electrons. The maximum atomic E-state index is 12.0. The fourth-order valence-corrected chi connectivity index (χ4v) is 1.06. The smallest absolute Gasteiger partial charge is 0.461 e. The summed E-state index contributed by atoms with van der Waals surface area (Å²) in [4.78, 5) is 14.8. The van der Waals surface area contributed by atoms with Gasteiger partial charge >= 0.3 is 12.3 Å². The highest BCUT2D eigenvalue weighted by Crippen LogP contribution is 2.23. The first-order valence-electron chi connectivity index (χ1n) is 4.70. The first-order valence-corrected chi connectivity index (χ1v) is 4.70. The van der Waals surface area contributed by atoms with Crippen molar-refractivity contribution in [1.29, 1.82) is 5.26 Å². The average molecular weight is 260 g/mol. The summed E-state index contributed by atoms with van der Waals surface area (Å²) >= 11 is 0. The molecule has 0 aliphatic carbocycles. The maximum Gasteiger partial charge on any atom is 0.573 e. The van der Waals surface area contributed by atoms with Crippen LogP contribution in [0.4, 0.5) is 13.2 Å². The molecule has 0 aromatic carbocycles. The van der Waals surface area contributed by atoms with Crippen LogP contribution < -0.4 is 4.74 Å². The van der Waals surface area contributed by atoms with E-state index in [0.717, 1.165) is 12.1 Å². The lowest BCUT2D eigenvalue weighted by Gasteiger charge is -2.09. The van der Waals surface area contributed by atoms with Crippen LogP contribution >= 0.6 is 0 Å². The van der Waals surface area contributed by atoms with Crippen LogP contribution in [0.5, 0.6) is 5.75 Å². The summed E-state index contributed by atoms with van der Waals surface area (Å²) in [6, 6.07) is 3.05. The van der Waals surface area contributed by atoms with Crippen molar-refractivity contribution < 1.29 is 27.4 Å². The third kappa shape index (κ3) is 3.93. The van der Waals surface area contributed by atoms with E-state index < -0.39 is 23.8 Å². The van der Waals surface area contributed by atoms with Crippen LogP contribution in [0.3, 0.4) is 0 Å². The highest BCUT2D eigenvalue weighted by atomic mass is 19.4. The Kier molecular flexibility index (Phi) is 4.09. The van der Waals surface area contributed by atoms with Gasteiger partial charge in [0.2, 0.25) is 0 Å². The Morgan fingerprint density at radius 1 is 1.50 bits per heavy atom. The van der Waals surface area contributed by atoms with Crippen molar-refractivity contribution in [3.8, 4) is 11.8 Å². The number of halogens is 3. The monoisotopic (exact) mass is 260 g/mol. The molecule has 0 atom stereocenters. The zero-order valence-corrected chi connectivity index (χ0v) is 9.11. The number of nitrogens with zero attached hydrogens (tertiary/aromatic N) is 2. The van der Waals surface area contributed by atoms with Gasteiger partial charge in [-0.05, 0) is 6.92 Å². The van der Waals surface area contributed by atoms with Gasteiger partial charge in [0.1, 0.15) is 17.5 Å². The molecule has 0 aliphatic heterocycles. The summed E-state index contributed by atoms with van der Waals surface area (Å²) in [6.07, 6.45) is -4.92. The van der Waals surface area contributed by atoms with Gasteiger partial charge in [-0.25, -0.2) is 9.78 Å². The molecule has 8 heteroatoms. The van der Waals surface area contributed by atoms with E-state index in [2.05, 4.69) is 14.5 Å². The standard InChI is InChI=1S/C10H7F3N2O3/c1-2-17-9(16)8-4-7(18-10(11,12)13)3-6(5-14)15-8/h3-4H,2H2,1H3. The van der Waals surface area contributed by atoms with Gasteiger partial charge in [-0.15, -0.1) is 13.2 Å².